The summed E-state index contributed by atoms with van der Waals surface area (Å²) in [6.07, 6.45) is 0. The van der Waals surface area contributed by atoms with Gasteiger partial charge in [-0.3, -0.25) is 0 Å². The van der Waals surface area contributed by atoms with Gasteiger partial charge in [0.15, 0.2) is 0 Å². The Balaban J connectivity index is 3.22. The average Bonchev–Trinajstić information content (AvgIpc) is 2.35. The highest BCUT2D eigenvalue weighted by Gasteiger charge is 2.15. The van der Waals surface area contributed by atoms with E-state index >= 15 is 0 Å². The van der Waals surface area contributed by atoms with E-state index in [-0.39, 0.29) is 0 Å². The molecule has 0 saturated heterocycles. The first kappa shape index (κ1) is 13.9. The Hall–Kier alpha value is -0.480. The second kappa shape index (κ2) is 4.57. The van der Waals surface area contributed by atoms with Gasteiger partial charge in [0, 0.05) is 0 Å². The molecule has 2 aromatic carbocycles. The Bertz CT molecular complexity index is 567. The van der Waals surface area contributed by atoms with Crippen LogP contribution in [0.2, 0.25) is 0 Å². The normalized spacial score (nSPS) is 11.0. The summed E-state index contributed by atoms with van der Waals surface area (Å²) < 4.78 is 0. The van der Waals surface area contributed by atoms with Gasteiger partial charge in [-0.15, -0.1) is 20.2 Å². The zero-order valence-electron chi connectivity index (χ0n) is 12.6. The lowest BCUT2D eigenvalue weighted by atomic mass is 9.63. The van der Waals surface area contributed by atoms with Crippen LogP contribution in [0.1, 0.15) is 5.56 Å². The molecule has 0 aliphatic rings. The van der Waals surface area contributed by atoms with Crippen molar-refractivity contribution < 1.29 is 0 Å². The van der Waals surface area contributed by atoms with E-state index in [1.807, 2.05) is 0 Å². The van der Waals surface area contributed by atoms with Crippen molar-refractivity contribution in [2.45, 2.75) is 6.92 Å². The molecule has 0 heterocycles. The molecule has 0 aliphatic heterocycles. The lowest BCUT2D eigenvalue weighted by Crippen LogP contribution is -2.51. The van der Waals surface area contributed by atoms with Crippen molar-refractivity contribution in [2.24, 2.45) is 0 Å². The van der Waals surface area contributed by atoms with Crippen LogP contribution >= 0.6 is 9.24 Å². The molecule has 0 nitrogen and oxygen atoms in total. The number of rotatable bonds is 0. The van der Waals surface area contributed by atoms with E-state index in [0.717, 1.165) is 0 Å². The highest BCUT2D eigenvalue weighted by atomic mass is 31.0. The predicted octanol–water partition coefficient (Wildman–Crippen LogP) is -7.80. The maximum absolute atomic E-state index is 2.95. The maximum atomic E-state index is 2.95. The van der Waals surface area contributed by atoms with Gasteiger partial charge in [0.1, 0.15) is 47.1 Å². The highest BCUT2D eigenvalue weighted by molar-refractivity contribution is 7.29. The molecule has 0 bridgehead atoms. The van der Waals surface area contributed by atoms with Crippen molar-refractivity contribution >= 4 is 105 Å². The lowest BCUT2D eigenvalue weighted by Gasteiger charge is -2.22. The van der Waals surface area contributed by atoms with Gasteiger partial charge in [0.25, 0.3) is 0 Å². The van der Waals surface area contributed by atoms with Gasteiger partial charge in [-0.25, -0.2) is 0 Å². The third-order valence-electron chi connectivity index (χ3n) is 4.86. The molecule has 1 atom stereocenters. The first-order chi connectivity index (χ1) is 8.29. The van der Waals surface area contributed by atoms with Crippen molar-refractivity contribution in [2.75, 3.05) is 0 Å². The minimum atomic E-state index is 1.37. The van der Waals surface area contributed by atoms with Crippen LogP contribution in [0.3, 0.4) is 0 Å². The molecule has 7 heteroatoms. The third-order valence-corrected chi connectivity index (χ3v) is 5.58. The Morgan fingerprint density at radius 2 is 1.06 bits per heavy atom. The number of hydrogen-bond acceptors (Lipinski definition) is 0. The quantitative estimate of drug-likeness (QED) is 0.319. The number of fused-ring (bicyclic) bond motifs is 1. The molecule has 0 amide bonds. The van der Waals surface area contributed by atoms with Crippen LogP contribution in [0, 0.1) is 6.92 Å². The molecular weight excluding hydrogens is 228 g/mol. The largest absolute Gasteiger partial charge is 0.139 e. The van der Waals surface area contributed by atoms with Gasteiger partial charge in [-0.2, -0.15) is 0 Å². The van der Waals surface area contributed by atoms with Crippen molar-refractivity contribution in [3.63, 3.8) is 0 Å². The lowest BCUT2D eigenvalue weighted by molar-refractivity contribution is 1.62. The molecule has 0 N–H and O–H groups in total. The van der Waals surface area contributed by atoms with Crippen molar-refractivity contribution in [3.05, 3.63) is 5.56 Å². The summed E-state index contributed by atoms with van der Waals surface area (Å²) in [5, 5.41) is 4.28. The number of aryl methyl sites for hydroxylation is 1. The van der Waals surface area contributed by atoms with Crippen LogP contribution < -0.4 is 38.1 Å². The van der Waals surface area contributed by atoms with Gasteiger partial charge < -0.3 is 0 Å². The fourth-order valence-electron chi connectivity index (χ4n) is 2.98. The van der Waals surface area contributed by atoms with Crippen LogP contribution in [0.15, 0.2) is 0 Å². The summed E-state index contributed by atoms with van der Waals surface area (Å²) in [5.74, 6) is 0. The van der Waals surface area contributed by atoms with Gasteiger partial charge in [-0.1, -0.05) is 21.9 Å². The van der Waals surface area contributed by atoms with Crippen LogP contribution in [0.25, 0.3) is 10.8 Å². The number of hydrogen-bond donors (Lipinski definition) is 0. The SMILES string of the molecule is Bc1c(B)c(C)c2c(P)c(B)c(B)c(B)c2c1B. The molecule has 84 valence electrons. The molecule has 0 saturated carbocycles. The molecule has 0 aliphatic carbocycles. The second-order valence-electron chi connectivity index (χ2n) is 5.54. The van der Waals surface area contributed by atoms with Gasteiger partial charge in [0.2, 0.25) is 0 Å². The minimum Gasteiger partial charge on any atom is -0.106 e. The zero-order valence-corrected chi connectivity index (χ0v) is 13.7. The standard InChI is InChI=1S/C11H17B6P/c1-2-3-4(6(13)8(15)5(2)12)7(14)9(16)10(17)11(3)18/h12-18H2,1H3. The first-order valence-corrected chi connectivity index (χ1v) is 7.12. The first-order valence-electron chi connectivity index (χ1n) is 6.54. The van der Waals surface area contributed by atoms with E-state index in [0.29, 0.717) is 0 Å². The maximum Gasteiger partial charge on any atom is 0.139 e. The van der Waals surface area contributed by atoms with E-state index in [9.17, 15) is 0 Å². The van der Waals surface area contributed by atoms with Crippen LogP contribution in [0.5, 0.6) is 0 Å². The fourth-order valence-corrected chi connectivity index (χ4v) is 3.55. The number of benzene rings is 2. The molecule has 18 heavy (non-hydrogen) atoms. The van der Waals surface area contributed by atoms with E-state index in [2.05, 4.69) is 63.2 Å². The summed E-state index contributed by atoms with van der Waals surface area (Å²) in [6.45, 7) is 2.26. The van der Waals surface area contributed by atoms with Crippen molar-refractivity contribution in [1.82, 2.24) is 0 Å². The van der Waals surface area contributed by atoms with E-state index < -0.39 is 0 Å². The molecule has 0 aromatic heterocycles. The molecule has 1 unspecified atom stereocenters. The van der Waals surface area contributed by atoms with E-state index in [4.69, 9.17) is 0 Å². The third kappa shape index (κ3) is 1.73. The second-order valence-corrected chi connectivity index (χ2v) is 6.12. The zero-order chi connectivity index (χ0) is 13.8. The molecule has 2 rings (SSSR count). The van der Waals surface area contributed by atoms with Gasteiger partial charge in [0.05, 0.1) is 0 Å². The summed E-state index contributed by atoms with van der Waals surface area (Å²) in [4.78, 5) is 0. The van der Waals surface area contributed by atoms with Crippen LogP contribution in [-0.2, 0) is 0 Å². The Morgan fingerprint density at radius 3 is 1.56 bits per heavy atom. The molecule has 0 radical (unpaired) electrons. The molecule has 0 spiro atoms. The van der Waals surface area contributed by atoms with E-state index in [1.165, 1.54) is 54.4 Å². The Morgan fingerprint density at radius 1 is 0.611 bits per heavy atom. The molecule has 0 fully saturated rings. The van der Waals surface area contributed by atoms with Crippen LogP contribution in [-0.4, -0.2) is 47.1 Å². The summed E-state index contributed by atoms with van der Waals surface area (Å²) in [5.41, 5.74) is 10.0. The van der Waals surface area contributed by atoms with Crippen molar-refractivity contribution in [1.29, 1.82) is 0 Å². The molecular formula is C11H17B6P. The van der Waals surface area contributed by atoms with Gasteiger partial charge >= 0.3 is 0 Å². The highest BCUT2D eigenvalue weighted by Crippen LogP contribution is 2.10. The van der Waals surface area contributed by atoms with E-state index in [1.54, 1.807) is 0 Å². The topological polar surface area (TPSA) is 0 Å². The van der Waals surface area contributed by atoms with Crippen LogP contribution in [0.4, 0.5) is 0 Å². The molecule has 2 aromatic rings. The summed E-state index contributed by atoms with van der Waals surface area (Å²) >= 11 is 0. The Labute approximate surface area is 118 Å². The Kier molecular flexibility index (Phi) is 3.54. The smallest absolute Gasteiger partial charge is 0.106 e. The average molecular weight is 245 g/mol. The fraction of sp³-hybridized carbons (Fsp3) is 0.0909. The summed E-state index contributed by atoms with van der Waals surface area (Å²) in [6, 6.07) is 0. The summed E-state index contributed by atoms with van der Waals surface area (Å²) in [7, 11) is 16.4. The predicted molar refractivity (Wildman–Crippen MR) is 107 cm³/mol. The monoisotopic (exact) mass is 246 g/mol. The van der Waals surface area contributed by atoms with Crippen molar-refractivity contribution in [3.8, 4) is 0 Å². The van der Waals surface area contributed by atoms with Gasteiger partial charge in [-0.05, 0) is 28.6 Å². The minimum absolute atomic E-state index is 1.37.